The number of halogens is 1. The van der Waals surface area contributed by atoms with E-state index in [0.717, 1.165) is 21.2 Å². The minimum Gasteiger partial charge on any atom is -0.496 e. The molecule has 0 aromatic heterocycles. The number of amidine groups is 1. The van der Waals surface area contributed by atoms with E-state index in [2.05, 4.69) is 5.16 Å². The van der Waals surface area contributed by atoms with Crippen molar-refractivity contribution in [2.45, 2.75) is 10.6 Å². The van der Waals surface area contributed by atoms with Gasteiger partial charge in [-0.15, -0.1) is 11.8 Å². The van der Waals surface area contributed by atoms with Crippen molar-refractivity contribution < 1.29 is 9.94 Å². The van der Waals surface area contributed by atoms with Gasteiger partial charge in [-0.05, 0) is 35.9 Å². The van der Waals surface area contributed by atoms with E-state index in [1.54, 1.807) is 24.9 Å². The lowest BCUT2D eigenvalue weighted by Crippen LogP contribution is -2.14. The second-order valence-electron chi connectivity index (χ2n) is 4.27. The average molecular weight is 323 g/mol. The maximum absolute atomic E-state index is 8.75. The second-order valence-corrected chi connectivity index (χ2v) is 5.75. The highest BCUT2D eigenvalue weighted by Crippen LogP contribution is 2.28. The van der Waals surface area contributed by atoms with E-state index in [1.807, 2.05) is 36.4 Å². The topological polar surface area (TPSA) is 67.8 Å². The predicted molar refractivity (Wildman–Crippen MR) is 86.5 cm³/mol. The lowest BCUT2D eigenvalue weighted by Gasteiger charge is -2.09. The van der Waals surface area contributed by atoms with E-state index < -0.39 is 0 Å². The molecule has 0 fully saturated rings. The van der Waals surface area contributed by atoms with E-state index in [9.17, 15) is 0 Å². The highest BCUT2D eigenvalue weighted by atomic mass is 35.5. The van der Waals surface area contributed by atoms with E-state index in [0.29, 0.717) is 11.3 Å². The first-order valence-electron chi connectivity index (χ1n) is 6.17. The molecule has 0 atom stereocenters. The van der Waals surface area contributed by atoms with Crippen LogP contribution in [0, 0.1) is 0 Å². The maximum atomic E-state index is 8.75. The molecule has 2 rings (SSSR count). The number of rotatable bonds is 5. The zero-order valence-electron chi connectivity index (χ0n) is 11.4. The number of nitrogens with two attached hydrogens (primary N) is 1. The molecular formula is C15H15ClN2O2S. The van der Waals surface area contributed by atoms with Gasteiger partial charge in [-0.2, -0.15) is 0 Å². The number of ether oxygens (including phenoxy) is 1. The van der Waals surface area contributed by atoms with Crippen molar-refractivity contribution in [1.29, 1.82) is 0 Å². The van der Waals surface area contributed by atoms with Crippen LogP contribution in [0.15, 0.2) is 52.5 Å². The predicted octanol–water partition coefficient (Wildman–Crippen LogP) is 3.74. The van der Waals surface area contributed by atoms with Crippen LogP contribution in [0.4, 0.5) is 0 Å². The van der Waals surface area contributed by atoms with Crippen LogP contribution >= 0.6 is 23.4 Å². The van der Waals surface area contributed by atoms with Crippen LogP contribution in [0.5, 0.6) is 5.75 Å². The molecule has 21 heavy (non-hydrogen) atoms. The molecule has 2 aromatic rings. The second kappa shape index (κ2) is 7.24. The Morgan fingerprint density at radius 1 is 1.33 bits per heavy atom. The summed E-state index contributed by atoms with van der Waals surface area (Å²) >= 11 is 7.64. The standard InChI is InChI=1S/C15H15ClN2O2S/c1-20-14-7-10(5-6-13(14)15(17)18-19)9-21-12-4-2-3-11(16)8-12/h2-8,19H,9H2,1H3,(H2,17,18). The molecule has 0 heterocycles. The summed E-state index contributed by atoms with van der Waals surface area (Å²) in [6.07, 6.45) is 0. The van der Waals surface area contributed by atoms with Gasteiger partial charge in [0.15, 0.2) is 5.84 Å². The lowest BCUT2D eigenvalue weighted by atomic mass is 10.1. The molecule has 0 amide bonds. The first kappa shape index (κ1) is 15.5. The molecule has 0 bridgehead atoms. The van der Waals surface area contributed by atoms with Gasteiger partial charge in [0.05, 0.1) is 12.7 Å². The van der Waals surface area contributed by atoms with Gasteiger partial charge in [-0.1, -0.05) is 28.9 Å². The van der Waals surface area contributed by atoms with Gasteiger partial charge in [0, 0.05) is 15.7 Å². The highest BCUT2D eigenvalue weighted by molar-refractivity contribution is 7.98. The van der Waals surface area contributed by atoms with Crippen molar-refractivity contribution in [2.24, 2.45) is 10.9 Å². The maximum Gasteiger partial charge on any atom is 0.173 e. The van der Waals surface area contributed by atoms with Crippen molar-refractivity contribution in [3.05, 3.63) is 58.6 Å². The molecule has 0 radical (unpaired) electrons. The molecule has 0 aliphatic rings. The van der Waals surface area contributed by atoms with Gasteiger partial charge in [-0.3, -0.25) is 0 Å². The zero-order valence-corrected chi connectivity index (χ0v) is 13.0. The number of nitrogens with zero attached hydrogens (tertiary/aromatic N) is 1. The van der Waals surface area contributed by atoms with Crippen molar-refractivity contribution in [3.63, 3.8) is 0 Å². The Morgan fingerprint density at radius 2 is 2.14 bits per heavy atom. The zero-order chi connectivity index (χ0) is 15.2. The summed E-state index contributed by atoms with van der Waals surface area (Å²) in [5, 5.41) is 12.5. The van der Waals surface area contributed by atoms with Crippen LogP contribution in [0.1, 0.15) is 11.1 Å². The molecule has 0 unspecified atom stereocenters. The van der Waals surface area contributed by atoms with Gasteiger partial charge in [0.25, 0.3) is 0 Å². The lowest BCUT2D eigenvalue weighted by molar-refractivity contribution is 0.318. The summed E-state index contributed by atoms with van der Waals surface area (Å²) in [4.78, 5) is 1.10. The number of hydrogen-bond donors (Lipinski definition) is 2. The minimum absolute atomic E-state index is 0.0286. The van der Waals surface area contributed by atoms with Gasteiger partial charge >= 0.3 is 0 Å². The third kappa shape index (κ3) is 4.06. The fourth-order valence-corrected chi connectivity index (χ4v) is 2.97. The molecule has 0 aliphatic heterocycles. The molecule has 0 spiro atoms. The van der Waals surface area contributed by atoms with Crippen molar-refractivity contribution in [1.82, 2.24) is 0 Å². The number of oxime groups is 1. The Hall–Kier alpha value is -1.85. The summed E-state index contributed by atoms with van der Waals surface area (Å²) in [6.45, 7) is 0. The summed E-state index contributed by atoms with van der Waals surface area (Å²) < 4.78 is 5.28. The Labute approximate surface area is 132 Å². The molecule has 110 valence electrons. The molecule has 2 aromatic carbocycles. The van der Waals surface area contributed by atoms with Gasteiger partial charge in [0.1, 0.15) is 5.75 Å². The first-order valence-corrected chi connectivity index (χ1v) is 7.53. The summed E-state index contributed by atoms with van der Waals surface area (Å²) in [5.41, 5.74) is 7.24. The van der Waals surface area contributed by atoms with Crippen LogP contribution in [0.3, 0.4) is 0 Å². The Bertz CT molecular complexity index is 662. The molecule has 3 N–H and O–H groups in total. The smallest absolute Gasteiger partial charge is 0.173 e. The Morgan fingerprint density at radius 3 is 2.81 bits per heavy atom. The van der Waals surface area contributed by atoms with Crippen molar-refractivity contribution in [3.8, 4) is 5.75 Å². The quantitative estimate of drug-likeness (QED) is 0.289. The van der Waals surface area contributed by atoms with Crippen molar-refractivity contribution in [2.75, 3.05) is 7.11 Å². The van der Waals surface area contributed by atoms with Gasteiger partial charge in [0.2, 0.25) is 0 Å². The van der Waals surface area contributed by atoms with E-state index in [4.69, 9.17) is 27.3 Å². The van der Waals surface area contributed by atoms with E-state index in [-0.39, 0.29) is 5.84 Å². The average Bonchev–Trinajstić information content (AvgIpc) is 2.52. The highest BCUT2D eigenvalue weighted by Gasteiger charge is 2.09. The molecule has 0 saturated heterocycles. The van der Waals surface area contributed by atoms with E-state index >= 15 is 0 Å². The van der Waals surface area contributed by atoms with Crippen LogP contribution in [-0.4, -0.2) is 18.2 Å². The first-order chi connectivity index (χ1) is 10.1. The fraction of sp³-hybridized carbons (Fsp3) is 0.133. The van der Waals surface area contributed by atoms with Crippen LogP contribution < -0.4 is 10.5 Å². The monoisotopic (exact) mass is 322 g/mol. The molecule has 4 nitrogen and oxygen atoms in total. The van der Waals surface area contributed by atoms with Gasteiger partial charge in [-0.25, -0.2) is 0 Å². The Kier molecular flexibility index (Phi) is 5.36. The summed E-state index contributed by atoms with van der Waals surface area (Å²) in [6, 6.07) is 13.3. The number of thioether (sulfide) groups is 1. The van der Waals surface area contributed by atoms with Crippen LogP contribution in [0.2, 0.25) is 5.02 Å². The van der Waals surface area contributed by atoms with Crippen LogP contribution in [-0.2, 0) is 5.75 Å². The third-order valence-corrected chi connectivity index (χ3v) is 4.15. The molecule has 0 aliphatic carbocycles. The van der Waals surface area contributed by atoms with Crippen molar-refractivity contribution >= 4 is 29.2 Å². The largest absolute Gasteiger partial charge is 0.496 e. The summed E-state index contributed by atoms with van der Waals surface area (Å²) in [7, 11) is 1.55. The van der Waals surface area contributed by atoms with Crippen LogP contribution in [0.25, 0.3) is 0 Å². The normalized spacial score (nSPS) is 11.4. The molecular weight excluding hydrogens is 308 g/mol. The number of methoxy groups -OCH3 is 1. The molecule has 6 heteroatoms. The van der Waals surface area contributed by atoms with Gasteiger partial charge < -0.3 is 15.7 Å². The fourth-order valence-electron chi connectivity index (χ4n) is 1.81. The number of benzene rings is 2. The minimum atomic E-state index is 0.0286. The summed E-state index contributed by atoms with van der Waals surface area (Å²) in [5.74, 6) is 1.38. The SMILES string of the molecule is COc1cc(CSc2cccc(Cl)c2)ccc1/C(N)=N/O. The Balaban J connectivity index is 2.14. The third-order valence-electron chi connectivity index (χ3n) is 2.85. The molecule has 0 saturated carbocycles. The number of hydrogen-bond acceptors (Lipinski definition) is 4. The van der Waals surface area contributed by atoms with E-state index in [1.165, 1.54) is 0 Å².